The molecule has 1 aliphatic rings. The van der Waals surface area contributed by atoms with E-state index in [4.69, 9.17) is 12.2 Å². The Balaban J connectivity index is 1.62. The number of amides is 2. The summed E-state index contributed by atoms with van der Waals surface area (Å²) in [6.07, 6.45) is 3.09. The number of thioether (sulfide) groups is 1. The van der Waals surface area contributed by atoms with Crippen molar-refractivity contribution in [2.24, 2.45) is 0 Å². The standard InChI is InChI=1S/C17H22N2O2S2/c1-12-7-9-14(10-8-12)18-15(20)6-4-3-5-11-19-16(21)13(2)23-17(19)22/h7-10,13H,3-6,11H2,1-2H3,(H,18,20). The van der Waals surface area contributed by atoms with Crippen LogP contribution in [0.2, 0.25) is 0 Å². The first-order chi connectivity index (χ1) is 11.0. The monoisotopic (exact) mass is 350 g/mol. The SMILES string of the molecule is Cc1ccc(NC(=O)CCCCCN2C(=O)C(C)SC2=S)cc1. The molecule has 0 saturated carbocycles. The average molecular weight is 351 g/mol. The maximum atomic E-state index is 11.9. The number of carbonyl (C=O) groups is 2. The zero-order valence-electron chi connectivity index (χ0n) is 13.5. The fourth-order valence-electron chi connectivity index (χ4n) is 2.37. The van der Waals surface area contributed by atoms with Crippen molar-refractivity contribution in [1.29, 1.82) is 0 Å². The fourth-order valence-corrected chi connectivity index (χ4v) is 3.82. The zero-order chi connectivity index (χ0) is 16.8. The Hall–Kier alpha value is -1.40. The largest absolute Gasteiger partial charge is 0.326 e. The van der Waals surface area contributed by atoms with Gasteiger partial charge in [-0.1, -0.05) is 48.1 Å². The Morgan fingerprint density at radius 1 is 1.26 bits per heavy atom. The molecule has 1 N–H and O–H groups in total. The number of rotatable bonds is 7. The highest BCUT2D eigenvalue weighted by molar-refractivity contribution is 8.24. The maximum Gasteiger partial charge on any atom is 0.241 e. The van der Waals surface area contributed by atoms with Crippen molar-refractivity contribution in [3.63, 3.8) is 0 Å². The summed E-state index contributed by atoms with van der Waals surface area (Å²) in [5.41, 5.74) is 2.00. The molecule has 4 nitrogen and oxygen atoms in total. The quantitative estimate of drug-likeness (QED) is 0.601. The summed E-state index contributed by atoms with van der Waals surface area (Å²) in [6, 6.07) is 7.77. The first-order valence-electron chi connectivity index (χ1n) is 7.86. The molecule has 0 bridgehead atoms. The van der Waals surface area contributed by atoms with Gasteiger partial charge in [0.05, 0.1) is 5.25 Å². The summed E-state index contributed by atoms with van der Waals surface area (Å²) >= 11 is 6.65. The number of hydrogen-bond acceptors (Lipinski definition) is 4. The summed E-state index contributed by atoms with van der Waals surface area (Å²) in [7, 11) is 0. The van der Waals surface area contributed by atoms with E-state index < -0.39 is 0 Å². The highest BCUT2D eigenvalue weighted by Gasteiger charge is 2.32. The third-order valence-electron chi connectivity index (χ3n) is 3.73. The van der Waals surface area contributed by atoms with E-state index >= 15 is 0 Å². The minimum absolute atomic E-state index is 0.0331. The van der Waals surface area contributed by atoms with Crippen LogP contribution in [-0.2, 0) is 9.59 Å². The van der Waals surface area contributed by atoms with E-state index in [1.807, 2.05) is 38.1 Å². The van der Waals surface area contributed by atoms with E-state index in [1.165, 1.54) is 17.3 Å². The minimum atomic E-state index is -0.0530. The van der Waals surface area contributed by atoms with Crippen molar-refractivity contribution < 1.29 is 9.59 Å². The smallest absolute Gasteiger partial charge is 0.241 e. The van der Waals surface area contributed by atoms with E-state index in [-0.39, 0.29) is 17.1 Å². The lowest BCUT2D eigenvalue weighted by molar-refractivity contribution is -0.125. The number of hydrogen-bond donors (Lipinski definition) is 1. The molecule has 1 fully saturated rings. The highest BCUT2D eigenvalue weighted by Crippen LogP contribution is 2.27. The van der Waals surface area contributed by atoms with Crippen LogP contribution in [0, 0.1) is 6.92 Å². The molecule has 1 aromatic carbocycles. The van der Waals surface area contributed by atoms with E-state index in [0.717, 1.165) is 24.9 Å². The third kappa shape index (κ3) is 5.32. The highest BCUT2D eigenvalue weighted by atomic mass is 32.2. The number of nitrogens with zero attached hydrogens (tertiary/aromatic N) is 1. The molecule has 1 heterocycles. The van der Waals surface area contributed by atoms with Crippen molar-refractivity contribution in [3.8, 4) is 0 Å². The Morgan fingerprint density at radius 3 is 2.57 bits per heavy atom. The number of benzene rings is 1. The lowest BCUT2D eigenvalue weighted by atomic mass is 10.1. The van der Waals surface area contributed by atoms with Gasteiger partial charge in [0.1, 0.15) is 4.32 Å². The number of unbranched alkanes of at least 4 members (excludes halogenated alkanes) is 2. The molecule has 1 aliphatic heterocycles. The zero-order valence-corrected chi connectivity index (χ0v) is 15.1. The predicted octanol–water partition coefficient (Wildman–Crippen LogP) is 3.74. The van der Waals surface area contributed by atoms with Gasteiger partial charge in [0.25, 0.3) is 0 Å². The van der Waals surface area contributed by atoms with Crippen molar-refractivity contribution in [2.75, 3.05) is 11.9 Å². The first-order valence-corrected chi connectivity index (χ1v) is 9.14. The van der Waals surface area contributed by atoms with Gasteiger partial charge in [-0.3, -0.25) is 14.5 Å². The number of thiocarbonyl (C=S) groups is 1. The topological polar surface area (TPSA) is 49.4 Å². The maximum absolute atomic E-state index is 11.9. The van der Waals surface area contributed by atoms with Crippen molar-refractivity contribution in [2.45, 2.75) is 44.8 Å². The molecule has 124 valence electrons. The van der Waals surface area contributed by atoms with Gasteiger partial charge >= 0.3 is 0 Å². The number of nitrogens with one attached hydrogen (secondary N) is 1. The molecular formula is C17H22N2O2S2. The average Bonchev–Trinajstić information content (AvgIpc) is 2.75. The van der Waals surface area contributed by atoms with Crippen LogP contribution in [0.15, 0.2) is 24.3 Å². The van der Waals surface area contributed by atoms with Gasteiger partial charge in [-0.05, 0) is 38.8 Å². The molecule has 0 radical (unpaired) electrons. The second-order valence-electron chi connectivity index (χ2n) is 5.74. The molecule has 1 atom stereocenters. The van der Waals surface area contributed by atoms with E-state index in [2.05, 4.69) is 5.32 Å². The van der Waals surface area contributed by atoms with Gasteiger partial charge in [-0.25, -0.2) is 0 Å². The first kappa shape index (κ1) is 17.9. The second-order valence-corrected chi connectivity index (χ2v) is 7.72. The van der Waals surface area contributed by atoms with Crippen LogP contribution in [0.1, 0.15) is 38.2 Å². The van der Waals surface area contributed by atoms with Crippen LogP contribution < -0.4 is 5.32 Å². The molecule has 2 rings (SSSR count). The van der Waals surface area contributed by atoms with Gasteiger partial charge in [0.15, 0.2) is 0 Å². The van der Waals surface area contributed by atoms with Gasteiger partial charge in [-0.2, -0.15) is 0 Å². The fraction of sp³-hybridized carbons (Fsp3) is 0.471. The molecule has 0 aliphatic carbocycles. The normalized spacial score (nSPS) is 17.7. The Bertz CT molecular complexity index is 587. The predicted molar refractivity (Wildman–Crippen MR) is 99.6 cm³/mol. The van der Waals surface area contributed by atoms with Gasteiger partial charge < -0.3 is 5.32 Å². The van der Waals surface area contributed by atoms with E-state index in [9.17, 15) is 9.59 Å². The lowest BCUT2D eigenvalue weighted by Crippen LogP contribution is -2.31. The summed E-state index contributed by atoms with van der Waals surface area (Å²) in [5, 5.41) is 2.84. The van der Waals surface area contributed by atoms with Crippen LogP contribution in [0.3, 0.4) is 0 Å². The van der Waals surface area contributed by atoms with E-state index in [1.54, 1.807) is 4.90 Å². The number of carbonyl (C=O) groups excluding carboxylic acids is 2. The molecule has 1 aromatic rings. The van der Waals surface area contributed by atoms with Crippen LogP contribution in [0.5, 0.6) is 0 Å². The van der Waals surface area contributed by atoms with Crippen molar-refractivity contribution in [1.82, 2.24) is 4.90 Å². The van der Waals surface area contributed by atoms with Crippen LogP contribution in [0.4, 0.5) is 5.69 Å². The van der Waals surface area contributed by atoms with Crippen LogP contribution in [0.25, 0.3) is 0 Å². The molecule has 2 amide bonds. The molecule has 1 unspecified atom stereocenters. The molecular weight excluding hydrogens is 328 g/mol. The lowest BCUT2D eigenvalue weighted by Gasteiger charge is -2.14. The molecule has 23 heavy (non-hydrogen) atoms. The molecule has 0 spiro atoms. The Labute approximate surface area is 147 Å². The Kier molecular flexibility index (Phi) is 6.59. The number of aryl methyl sites for hydroxylation is 1. The summed E-state index contributed by atoms with van der Waals surface area (Å²) in [6.45, 7) is 4.56. The molecule has 0 aromatic heterocycles. The van der Waals surface area contributed by atoms with Gasteiger partial charge in [0.2, 0.25) is 11.8 Å². The van der Waals surface area contributed by atoms with Crippen molar-refractivity contribution in [3.05, 3.63) is 29.8 Å². The second kappa shape index (κ2) is 8.45. The van der Waals surface area contributed by atoms with Gasteiger partial charge in [0, 0.05) is 18.7 Å². The third-order valence-corrected chi connectivity index (χ3v) is 5.22. The Morgan fingerprint density at radius 2 is 1.96 bits per heavy atom. The number of anilines is 1. The minimum Gasteiger partial charge on any atom is -0.326 e. The van der Waals surface area contributed by atoms with Crippen molar-refractivity contribution >= 4 is 45.8 Å². The van der Waals surface area contributed by atoms with E-state index in [0.29, 0.717) is 17.3 Å². The van der Waals surface area contributed by atoms with Crippen LogP contribution in [-0.4, -0.2) is 32.8 Å². The molecule has 1 saturated heterocycles. The van der Waals surface area contributed by atoms with Gasteiger partial charge in [-0.15, -0.1) is 0 Å². The molecule has 6 heteroatoms. The summed E-state index contributed by atoms with van der Waals surface area (Å²) in [4.78, 5) is 25.4. The summed E-state index contributed by atoms with van der Waals surface area (Å²) < 4.78 is 0.680. The van der Waals surface area contributed by atoms with Crippen LogP contribution >= 0.6 is 24.0 Å². The summed E-state index contributed by atoms with van der Waals surface area (Å²) in [5.74, 6) is 0.142.